The first-order valence-electron chi connectivity index (χ1n) is 7.87. The molecule has 0 aliphatic carbocycles. The van der Waals surface area contributed by atoms with Gasteiger partial charge in [0.05, 0.1) is 5.69 Å². The molecule has 24 heavy (non-hydrogen) atoms. The molecule has 0 radical (unpaired) electrons. The molecule has 2 heterocycles. The molecule has 0 atom stereocenters. The lowest BCUT2D eigenvalue weighted by atomic mass is 10.2. The predicted molar refractivity (Wildman–Crippen MR) is 101 cm³/mol. The Kier molecular flexibility index (Phi) is 4.36. The number of fused-ring (bicyclic) bond motifs is 1. The fourth-order valence-corrected chi connectivity index (χ4v) is 4.56. The van der Waals surface area contributed by atoms with Crippen LogP contribution in [-0.2, 0) is 0 Å². The van der Waals surface area contributed by atoms with E-state index in [-0.39, 0.29) is 5.91 Å². The van der Waals surface area contributed by atoms with Crippen LogP contribution in [0.3, 0.4) is 0 Å². The summed E-state index contributed by atoms with van der Waals surface area (Å²) >= 11 is 3.33. The van der Waals surface area contributed by atoms with Crippen molar-refractivity contribution < 1.29 is 4.79 Å². The number of amides is 1. The van der Waals surface area contributed by atoms with Gasteiger partial charge in [-0.15, -0.1) is 23.1 Å². The average molecular weight is 352 g/mol. The van der Waals surface area contributed by atoms with Crippen molar-refractivity contribution in [1.82, 2.24) is 4.98 Å². The van der Waals surface area contributed by atoms with Gasteiger partial charge in [-0.25, -0.2) is 4.98 Å². The van der Waals surface area contributed by atoms with Crippen LogP contribution in [-0.4, -0.2) is 23.2 Å². The Labute approximate surface area is 149 Å². The monoisotopic (exact) mass is 352 g/mol. The smallest absolute Gasteiger partial charge is 0.277 e. The third-order valence-corrected chi connectivity index (χ3v) is 5.97. The largest absolute Gasteiger partial charge is 0.306 e. The summed E-state index contributed by atoms with van der Waals surface area (Å²) in [6, 6.07) is 18.1. The Morgan fingerprint density at radius 2 is 1.83 bits per heavy atom. The normalized spacial score (nSPS) is 14.1. The lowest BCUT2D eigenvalue weighted by Crippen LogP contribution is -2.32. The van der Waals surface area contributed by atoms with Crippen molar-refractivity contribution in [3.63, 3.8) is 0 Å². The van der Waals surface area contributed by atoms with E-state index in [1.165, 1.54) is 16.2 Å². The summed E-state index contributed by atoms with van der Waals surface area (Å²) in [7, 11) is 0. The highest BCUT2D eigenvalue weighted by atomic mass is 32.2. The van der Waals surface area contributed by atoms with Crippen LogP contribution in [0.4, 0.5) is 5.69 Å². The quantitative estimate of drug-likeness (QED) is 0.654. The molecule has 1 aromatic heterocycles. The van der Waals surface area contributed by atoms with Crippen LogP contribution in [0.2, 0.25) is 0 Å². The molecule has 2 aromatic carbocycles. The summed E-state index contributed by atoms with van der Waals surface area (Å²) in [6.07, 6.45) is 0.987. The number of rotatable bonds is 2. The number of hydrogen-bond donors (Lipinski definition) is 0. The van der Waals surface area contributed by atoms with Gasteiger partial charge in [0.2, 0.25) is 0 Å². The first-order valence-corrected chi connectivity index (χ1v) is 9.74. The molecule has 5 heteroatoms. The Morgan fingerprint density at radius 1 is 1.04 bits per heavy atom. The second kappa shape index (κ2) is 6.79. The average Bonchev–Trinajstić information content (AvgIpc) is 3.03. The minimum atomic E-state index is -0.0108. The maximum Gasteiger partial charge on any atom is 0.277 e. The maximum absolute atomic E-state index is 13.0. The van der Waals surface area contributed by atoms with Crippen LogP contribution >= 0.6 is 23.1 Å². The zero-order valence-electron chi connectivity index (χ0n) is 13.0. The predicted octanol–water partition coefficient (Wildman–Crippen LogP) is 4.95. The van der Waals surface area contributed by atoms with E-state index in [1.54, 1.807) is 0 Å². The van der Waals surface area contributed by atoms with Crippen LogP contribution < -0.4 is 4.90 Å². The van der Waals surface area contributed by atoms with Crippen LogP contribution in [0.25, 0.3) is 10.6 Å². The van der Waals surface area contributed by atoms with E-state index < -0.39 is 0 Å². The lowest BCUT2D eigenvalue weighted by molar-refractivity contribution is 0.0982. The first kappa shape index (κ1) is 15.4. The molecule has 3 aromatic rings. The molecule has 3 nitrogen and oxygen atoms in total. The van der Waals surface area contributed by atoms with Gasteiger partial charge >= 0.3 is 0 Å². The molecule has 0 unspecified atom stereocenters. The van der Waals surface area contributed by atoms with Crippen molar-refractivity contribution in [2.45, 2.75) is 11.3 Å². The molecule has 1 aliphatic rings. The van der Waals surface area contributed by atoms with E-state index in [0.717, 1.165) is 35.0 Å². The van der Waals surface area contributed by atoms with E-state index in [9.17, 15) is 4.79 Å². The van der Waals surface area contributed by atoms with E-state index in [2.05, 4.69) is 11.1 Å². The maximum atomic E-state index is 13.0. The number of hydrogen-bond acceptors (Lipinski definition) is 4. The van der Waals surface area contributed by atoms with Crippen molar-refractivity contribution in [3.8, 4) is 10.6 Å². The van der Waals surface area contributed by atoms with Gasteiger partial charge in [0.1, 0.15) is 10.7 Å². The number of thiazole rings is 1. The second-order valence-corrected chi connectivity index (χ2v) is 7.53. The van der Waals surface area contributed by atoms with Gasteiger partial charge in [-0.3, -0.25) is 4.79 Å². The van der Waals surface area contributed by atoms with Crippen molar-refractivity contribution in [3.05, 3.63) is 65.7 Å². The summed E-state index contributed by atoms with van der Waals surface area (Å²) < 4.78 is 0. The molecular weight excluding hydrogens is 336 g/mol. The Balaban J connectivity index is 1.66. The van der Waals surface area contributed by atoms with Crippen molar-refractivity contribution in [2.75, 3.05) is 17.2 Å². The fraction of sp³-hybridized carbons (Fsp3) is 0.158. The number of carbonyl (C=O) groups is 1. The van der Waals surface area contributed by atoms with Crippen molar-refractivity contribution in [1.29, 1.82) is 0 Å². The van der Waals surface area contributed by atoms with Crippen LogP contribution in [0.1, 0.15) is 16.9 Å². The molecule has 0 N–H and O–H groups in total. The van der Waals surface area contributed by atoms with Crippen molar-refractivity contribution in [2.24, 2.45) is 0 Å². The van der Waals surface area contributed by atoms with E-state index in [1.807, 2.05) is 70.6 Å². The van der Waals surface area contributed by atoms with Gasteiger partial charge in [0.15, 0.2) is 0 Å². The van der Waals surface area contributed by atoms with Crippen LogP contribution in [0.5, 0.6) is 0 Å². The summed E-state index contributed by atoms with van der Waals surface area (Å²) in [6.45, 7) is 0.737. The third-order valence-electron chi connectivity index (χ3n) is 3.93. The number of anilines is 1. The standard InChI is InChI=1S/C19H16N2OS2/c22-19(15-13-24-18(20-15)14-7-2-1-3-8-14)21-11-6-12-23-17-10-5-4-9-16(17)21/h1-5,7-10,13H,6,11-12H2. The zero-order valence-corrected chi connectivity index (χ0v) is 14.6. The van der Waals surface area contributed by atoms with Gasteiger partial charge in [-0.05, 0) is 24.3 Å². The highest BCUT2D eigenvalue weighted by molar-refractivity contribution is 7.99. The van der Waals surface area contributed by atoms with E-state index >= 15 is 0 Å². The fourth-order valence-electron chi connectivity index (χ4n) is 2.76. The topological polar surface area (TPSA) is 33.2 Å². The van der Waals surface area contributed by atoms with Gasteiger partial charge in [0.25, 0.3) is 5.91 Å². The van der Waals surface area contributed by atoms with E-state index in [4.69, 9.17) is 0 Å². The number of aromatic nitrogens is 1. The van der Waals surface area contributed by atoms with Gasteiger partial charge in [-0.2, -0.15) is 0 Å². The van der Waals surface area contributed by atoms with Gasteiger partial charge in [-0.1, -0.05) is 42.5 Å². The summed E-state index contributed by atoms with van der Waals surface area (Å²) in [4.78, 5) is 20.6. The zero-order chi connectivity index (χ0) is 16.4. The van der Waals surface area contributed by atoms with E-state index in [0.29, 0.717) is 5.69 Å². The van der Waals surface area contributed by atoms with Crippen molar-refractivity contribution >= 4 is 34.7 Å². The molecular formula is C19H16N2OS2. The molecule has 0 fully saturated rings. The molecule has 0 saturated heterocycles. The number of carbonyl (C=O) groups excluding carboxylic acids is 1. The molecule has 0 saturated carbocycles. The Hall–Kier alpha value is -2.11. The summed E-state index contributed by atoms with van der Waals surface area (Å²) in [5.74, 6) is 1.02. The number of para-hydroxylation sites is 1. The first-order chi connectivity index (χ1) is 11.8. The second-order valence-electron chi connectivity index (χ2n) is 5.53. The lowest BCUT2D eigenvalue weighted by Gasteiger charge is -2.21. The number of nitrogens with zero attached hydrogens (tertiary/aromatic N) is 2. The van der Waals surface area contributed by atoms with Gasteiger partial charge < -0.3 is 4.90 Å². The molecule has 1 aliphatic heterocycles. The van der Waals surface area contributed by atoms with Crippen LogP contribution in [0.15, 0.2) is 64.9 Å². The summed E-state index contributed by atoms with van der Waals surface area (Å²) in [5, 5.41) is 2.75. The minimum absolute atomic E-state index is 0.0108. The highest BCUT2D eigenvalue weighted by Gasteiger charge is 2.24. The van der Waals surface area contributed by atoms with Gasteiger partial charge in [0, 0.05) is 22.4 Å². The molecule has 1 amide bonds. The number of thioether (sulfide) groups is 1. The number of benzene rings is 2. The molecule has 0 bridgehead atoms. The molecule has 4 rings (SSSR count). The highest BCUT2D eigenvalue weighted by Crippen LogP contribution is 2.34. The van der Waals surface area contributed by atoms with Crippen LogP contribution in [0, 0.1) is 0 Å². The summed E-state index contributed by atoms with van der Waals surface area (Å²) in [5.41, 5.74) is 2.58. The molecule has 0 spiro atoms. The minimum Gasteiger partial charge on any atom is -0.306 e. The molecule has 120 valence electrons. The Bertz CT molecular complexity index is 861. The SMILES string of the molecule is O=C(c1csc(-c2ccccc2)n1)N1CCCSc2ccccc21. The third kappa shape index (κ3) is 2.97. The Morgan fingerprint density at radius 3 is 2.71 bits per heavy atom.